The second kappa shape index (κ2) is 6.24. The monoisotopic (exact) mass is 303 g/mol. The van der Waals surface area contributed by atoms with Crippen molar-refractivity contribution < 1.29 is 22.7 Å². The number of carbonyl (C=O) groups is 1. The number of rotatable bonds is 6. The second-order valence-corrected chi connectivity index (χ2v) is 7.61. The molecule has 0 bridgehead atoms. The molecule has 0 aromatic rings. The number of hydrogen-bond acceptors (Lipinski definition) is 5. The van der Waals surface area contributed by atoms with Gasteiger partial charge in [-0.25, -0.2) is 8.42 Å². The molecule has 2 aliphatic heterocycles. The van der Waals surface area contributed by atoms with Gasteiger partial charge in [0.25, 0.3) is 0 Å². The van der Waals surface area contributed by atoms with Crippen LogP contribution in [0.5, 0.6) is 0 Å². The topological polar surface area (TPSA) is 72.9 Å². The minimum atomic E-state index is -3.12. The molecule has 0 saturated carbocycles. The van der Waals surface area contributed by atoms with Gasteiger partial charge in [-0.2, -0.15) is 0 Å². The largest absolute Gasteiger partial charge is 0.379 e. The average molecular weight is 303 g/mol. The third-order valence-electron chi connectivity index (χ3n) is 3.78. The van der Waals surface area contributed by atoms with E-state index in [4.69, 9.17) is 9.47 Å². The first-order chi connectivity index (χ1) is 9.42. The lowest BCUT2D eigenvalue weighted by atomic mass is 10.0. The van der Waals surface area contributed by atoms with E-state index in [0.717, 1.165) is 6.26 Å². The summed E-state index contributed by atoms with van der Waals surface area (Å²) in [6.45, 7) is 5.66. The summed E-state index contributed by atoms with van der Waals surface area (Å²) in [7, 11) is -3.12. The Morgan fingerprint density at radius 1 is 1.50 bits per heavy atom. The molecule has 2 saturated heterocycles. The van der Waals surface area contributed by atoms with Crippen LogP contribution in [0, 0.1) is 5.92 Å². The number of hydrogen-bond donors (Lipinski definition) is 0. The Balaban J connectivity index is 1.97. The van der Waals surface area contributed by atoms with E-state index in [9.17, 15) is 13.2 Å². The van der Waals surface area contributed by atoms with E-state index in [-0.39, 0.29) is 36.1 Å². The Morgan fingerprint density at radius 3 is 2.90 bits per heavy atom. The van der Waals surface area contributed by atoms with E-state index in [1.807, 2.05) is 0 Å². The van der Waals surface area contributed by atoms with E-state index in [1.165, 1.54) is 0 Å². The van der Waals surface area contributed by atoms with Crippen LogP contribution in [0.2, 0.25) is 0 Å². The predicted molar refractivity (Wildman–Crippen MR) is 74.1 cm³/mol. The molecule has 3 atom stereocenters. The molecule has 2 rings (SSSR count). The van der Waals surface area contributed by atoms with Crippen molar-refractivity contribution >= 4 is 15.7 Å². The van der Waals surface area contributed by atoms with Gasteiger partial charge in [-0.3, -0.25) is 4.79 Å². The number of sulfone groups is 1. The predicted octanol–water partition coefficient (Wildman–Crippen LogP) is -0.150. The number of ether oxygens (including phenoxy) is 2. The Hall–Kier alpha value is -0.920. The van der Waals surface area contributed by atoms with E-state index >= 15 is 0 Å². The van der Waals surface area contributed by atoms with Gasteiger partial charge in [0.15, 0.2) is 0 Å². The molecule has 0 radical (unpaired) electrons. The summed E-state index contributed by atoms with van der Waals surface area (Å²) in [5.74, 6) is -0.0727. The minimum absolute atomic E-state index is 0.0110. The molecule has 0 unspecified atom stereocenters. The third-order valence-corrected chi connectivity index (χ3v) is 4.73. The Morgan fingerprint density at radius 2 is 2.25 bits per heavy atom. The lowest BCUT2D eigenvalue weighted by Crippen LogP contribution is -2.38. The average Bonchev–Trinajstić information content (AvgIpc) is 2.95. The molecule has 0 aliphatic carbocycles. The Kier molecular flexibility index (Phi) is 4.82. The van der Waals surface area contributed by atoms with Gasteiger partial charge in [0.1, 0.15) is 9.84 Å². The van der Waals surface area contributed by atoms with Crippen LogP contribution in [0.4, 0.5) is 0 Å². The molecule has 7 heteroatoms. The molecule has 114 valence electrons. The summed E-state index contributed by atoms with van der Waals surface area (Å²) in [6.07, 6.45) is 2.79. The summed E-state index contributed by atoms with van der Waals surface area (Å²) in [5, 5.41) is 0. The summed E-state index contributed by atoms with van der Waals surface area (Å²) in [6, 6.07) is 0.0110. The van der Waals surface area contributed by atoms with Gasteiger partial charge in [-0.05, 0) is 0 Å². The highest BCUT2D eigenvalue weighted by Gasteiger charge is 2.47. The maximum Gasteiger partial charge on any atom is 0.224 e. The number of carbonyl (C=O) groups excluding carboxylic acids is 1. The van der Waals surface area contributed by atoms with Crippen LogP contribution in [0.25, 0.3) is 0 Å². The fourth-order valence-electron chi connectivity index (χ4n) is 2.77. The van der Waals surface area contributed by atoms with Crippen molar-refractivity contribution in [1.29, 1.82) is 0 Å². The maximum atomic E-state index is 12.2. The van der Waals surface area contributed by atoms with Gasteiger partial charge in [0, 0.05) is 25.1 Å². The highest BCUT2D eigenvalue weighted by Crippen LogP contribution is 2.32. The lowest BCUT2D eigenvalue weighted by molar-refractivity contribution is -0.132. The number of nitrogens with zero attached hydrogens (tertiary/aromatic N) is 1. The third kappa shape index (κ3) is 3.59. The normalized spacial score (nSPS) is 29.4. The van der Waals surface area contributed by atoms with Crippen molar-refractivity contribution in [1.82, 2.24) is 4.90 Å². The molecule has 0 aromatic heterocycles. The minimum Gasteiger partial charge on any atom is -0.379 e. The van der Waals surface area contributed by atoms with Crippen LogP contribution < -0.4 is 0 Å². The van der Waals surface area contributed by atoms with E-state index in [2.05, 4.69) is 6.58 Å². The Bertz CT molecular complexity index is 475. The molecule has 2 aliphatic rings. The standard InChI is InChI=1S/C13H21NO5S/c1-3-5-19-12-7-14(11-9-18-8-10(11)12)13(15)4-6-20(2,16)17/h3,10-12H,1,4-9H2,2H3/t10-,11+,12+/m0/s1. The van der Waals surface area contributed by atoms with E-state index in [1.54, 1.807) is 11.0 Å². The molecule has 2 heterocycles. The molecular weight excluding hydrogens is 282 g/mol. The smallest absolute Gasteiger partial charge is 0.224 e. The molecule has 0 aromatic carbocycles. The zero-order chi connectivity index (χ0) is 14.8. The zero-order valence-electron chi connectivity index (χ0n) is 11.7. The fraction of sp³-hybridized carbons (Fsp3) is 0.769. The van der Waals surface area contributed by atoms with Crippen molar-refractivity contribution in [3.63, 3.8) is 0 Å². The molecule has 6 nitrogen and oxygen atoms in total. The van der Waals surface area contributed by atoms with Crippen LogP contribution in [0.15, 0.2) is 12.7 Å². The molecule has 0 N–H and O–H groups in total. The van der Waals surface area contributed by atoms with Gasteiger partial charge >= 0.3 is 0 Å². The van der Waals surface area contributed by atoms with Crippen molar-refractivity contribution in [3.8, 4) is 0 Å². The summed E-state index contributed by atoms with van der Waals surface area (Å²) in [5.41, 5.74) is 0. The zero-order valence-corrected chi connectivity index (χ0v) is 12.5. The summed E-state index contributed by atoms with van der Waals surface area (Å²) < 4.78 is 33.4. The van der Waals surface area contributed by atoms with Gasteiger partial charge < -0.3 is 14.4 Å². The first-order valence-electron chi connectivity index (χ1n) is 6.70. The summed E-state index contributed by atoms with van der Waals surface area (Å²) in [4.78, 5) is 13.9. The van der Waals surface area contributed by atoms with Crippen molar-refractivity contribution in [2.75, 3.05) is 38.4 Å². The van der Waals surface area contributed by atoms with Gasteiger partial charge in [-0.15, -0.1) is 6.58 Å². The fourth-order valence-corrected chi connectivity index (χ4v) is 3.32. The van der Waals surface area contributed by atoms with E-state index in [0.29, 0.717) is 26.4 Å². The first kappa shape index (κ1) is 15.5. The quantitative estimate of drug-likeness (QED) is 0.638. The van der Waals surface area contributed by atoms with Crippen molar-refractivity contribution in [2.45, 2.75) is 18.6 Å². The molecule has 20 heavy (non-hydrogen) atoms. The van der Waals surface area contributed by atoms with Crippen LogP contribution in [-0.4, -0.2) is 69.7 Å². The van der Waals surface area contributed by atoms with Crippen LogP contribution in [0.1, 0.15) is 6.42 Å². The number of fused-ring (bicyclic) bond motifs is 1. The molecule has 2 fully saturated rings. The van der Waals surface area contributed by atoms with Crippen molar-refractivity contribution in [3.05, 3.63) is 12.7 Å². The van der Waals surface area contributed by atoms with Crippen LogP contribution in [-0.2, 0) is 24.1 Å². The Labute approximate surface area is 119 Å². The first-order valence-corrected chi connectivity index (χ1v) is 8.76. The van der Waals surface area contributed by atoms with Gasteiger partial charge in [-0.1, -0.05) is 6.08 Å². The van der Waals surface area contributed by atoms with E-state index < -0.39 is 9.84 Å². The molecule has 0 spiro atoms. The SMILES string of the molecule is C=CCO[C@@H]1CN(C(=O)CCS(C)(=O)=O)[C@@H]2COC[C@@H]21. The highest BCUT2D eigenvalue weighted by atomic mass is 32.2. The van der Waals surface area contributed by atoms with Gasteiger partial charge in [0.05, 0.1) is 37.7 Å². The number of likely N-dealkylation sites (tertiary alicyclic amines) is 1. The van der Waals surface area contributed by atoms with Gasteiger partial charge in [0.2, 0.25) is 5.91 Å². The molecular formula is C13H21NO5S. The lowest BCUT2D eigenvalue weighted by Gasteiger charge is -2.22. The van der Waals surface area contributed by atoms with Crippen LogP contribution >= 0.6 is 0 Å². The van der Waals surface area contributed by atoms with Crippen LogP contribution in [0.3, 0.4) is 0 Å². The number of amides is 1. The highest BCUT2D eigenvalue weighted by molar-refractivity contribution is 7.90. The molecule has 1 amide bonds. The second-order valence-electron chi connectivity index (χ2n) is 5.36. The van der Waals surface area contributed by atoms with Crippen molar-refractivity contribution in [2.24, 2.45) is 5.92 Å². The summed E-state index contributed by atoms with van der Waals surface area (Å²) >= 11 is 0. The maximum absolute atomic E-state index is 12.2.